The predicted octanol–water partition coefficient (Wildman–Crippen LogP) is 0.986. The van der Waals surface area contributed by atoms with Crippen molar-refractivity contribution in [2.24, 2.45) is 5.92 Å². The molecule has 0 bridgehead atoms. The molecule has 1 aliphatic heterocycles. The minimum atomic E-state index is -3.16. The van der Waals surface area contributed by atoms with Gasteiger partial charge in [-0.2, -0.15) is 0 Å². The third kappa shape index (κ3) is 3.48. The summed E-state index contributed by atoms with van der Waals surface area (Å²) in [6.45, 7) is 3.32. The maximum absolute atomic E-state index is 12.1. The standard InChI is InChI=1S/C12H18BrN3O3S/c1-9-14-6-11(13)12(17)16(9)8-10-4-3-5-15(7-10)20(2,18)19/h6,10H,3-5,7-8H2,1-2H3. The van der Waals surface area contributed by atoms with Gasteiger partial charge in [-0.1, -0.05) is 0 Å². The van der Waals surface area contributed by atoms with Gasteiger partial charge in [0.15, 0.2) is 0 Å². The van der Waals surface area contributed by atoms with E-state index < -0.39 is 10.0 Å². The maximum Gasteiger partial charge on any atom is 0.267 e. The van der Waals surface area contributed by atoms with Gasteiger partial charge in [0.25, 0.3) is 5.56 Å². The molecule has 0 spiro atoms. The minimum absolute atomic E-state index is 0.117. The number of hydrogen-bond acceptors (Lipinski definition) is 4. The van der Waals surface area contributed by atoms with Crippen molar-refractivity contribution in [3.05, 3.63) is 26.8 Å². The fourth-order valence-electron chi connectivity index (χ4n) is 2.50. The molecule has 1 aromatic rings. The predicted molar refractivity (Wildman–Crippen MR) is 80.1 cm³/mol. The van der Waals surface area contributed by atoms with Gasteiger partial charge in [-0.05, 0) is 41.6 Å². The molecule has 0 radical (unpaired) electrons. The van der Waals surface area contributed by atoms with Crippen LogP contribution in [0.5, 0.6) is 0 Å². The zero-order valence-corrected chi connectivity index (χ0v) is 13.9. The molecule has 1 aromatic heterocycles. The number of sulfonamides is 1. The second-order valence-corrected chi connectivity index (χ2v) is 8.04. The number of rotatable bonds is 3. The van der Waals surface area contributed by atoms with E-state index in [0.717, 1.165) is 12.8 Å². The van der Waals surface area contributed by atoms with Gasteiger partial charge >= 0.3 is 0 Å². The van der Waals surface area contributed by atoms with Gasteiger partial charge in [0.1, 0.15) is 10.3 Å². The van der Waals surface area contributed by atoms with Gasteiger partial charge < -0.3 is 0 Å². The smallest absolute Gasteiger partial charge is 0.267 e. The van der Waals surface area contributed by atoms with E-state index in [1.54, 1.807) is 11.5 Å². The molecule has 0 aliphatic carbocycles. The molecule has 0 aromatic carbocycles. The van der Waals surface area contributed by atoms with Crippen LogP contribution in [0, 0.1) is 12.8 Å². The molecule has 1 aliphatic rings. The summed E-state index contributed by atoms with van der Waals surface area (Å²) in [6, 6.07) is 0. The van der Waals surface area contributed by atoms with Gasteiger partial charge in [-0.15, -0.1) is 0 Å². The Labute approximate surface area is 127 Å². The zero-order chi connectivity index (χ0) is 14.9. The van der Waals surface area contributed by atoms with Crippen LogP contribution in [0.3, 0.4) is 0 Å². The highest BCUT2D eigenvalue weighted by molar-refractivity contribution is 9.10. The molecule has 2 heterocycles. The fraction of sp³-hybridized carbons (Fsp3) is 0.667. The van der Waals surface area contributed by atoms with Gasteiger partial charge in [0.05, 0.1) is 6.26 Å². The van der Waals surface area contributed by atoms with E-state index in [0.29, 0.717) is 29.9 Å². The molecule has 1 unspecified atom stereocenters. The van der Waals surface area contributed by atoms with E-state index in [2.05, 4.69) is 20.9 Å². The Balaban J connectivity index is 2.19. The van der Waals surface area contributed by atoms with Crippen LogP contribution in [0.2, 0.25) is 0 Å². The molecule has 2 rings (SSSR count). The molecule has 0 amide bonds. The number of halogens is 1. The highest BCUT2D eigenvalue weighted by Gasteiger charge is 2.26. The van der Waals surface area contributed by atoms with Crippen molar-refractivity contribution < 1.29 is 8.42 Å². The summed E-state index contributed by atoms with van der Waals surface area (Å²) in [5.41, 5.74) is -0.117. The Bertz CT molecular complexity index is 656. The number of piperidine rings is 1. The molecule has 6 nitrogen and oxygen atoms in total. The van der Waals surface area contributed by atoms with Crippen LogP contribution in [0.4, 0.5) is 0 Å². The molecule has 8 heteroatoms. The quantitative estimate of drug-likeness (QED) is 0.802. The molecule has 20 heavy (non-hydrogen) atoms. The van der Waals surface area contributed by atoms with E-state index in [9.17, 15) is 13.2 Å². The van der Waals surface area contributed by atoms with Crippen LogP contribution < -0.4 is 5.56 Å². The minimum Gasteiger partial charge on any atom is -0.296 e. The van der Waals surface area contributed by atoms with E-state index in [1.807, 2.05) is 0 Å². The van der Waals surface area contributed by atoms with Crippen LogP contribution in [0.1, 0.15) is 18.7 Å². The Hall–Kier alpha value is -0.730. The molecule has 0 N–H and O–H groups in total. The normalized spacial score (nSPS) is 21.1. The van der Waals surface area contributed by atoms with Crippen molar-refractivity contribution in [2.45, 2.75) is 26.3 Å². The summed E-state index contributed by atoms with van der Waals surface area (Å²) in [5, 5.41) is 0. The highest BCUT2D eigenvalue weighted by Crippen LogP contribution is 2.20. The third-order valence-electron chi connectivity index (χ3n) is 3.60. The van der Waals surface area contributed by atoms with Crippen molar-refractivity contribution in [1.82, 2.24) is 13.9 Å². The largest absolute Gasteiger partial charge is 0.296 e. The molecule has 1 saturated heterocycles. The van der Waals surface area contributed by atoms with Crippen LogP contribution in [-0.2, 0) is 16.6 Å². The van der Waals surface area contributed by atoms with Gasteiger partial charge in [-0.3, -0.25) is 9.36 Å². The summed E-state index contributed by atoms with van der Waals surface area (Å²) in [4.78, 5) is 16.2. The van der Waals surface area contributed by atoms with Crippen molar-refractivity contribution >= 4 is 26.0 Å². The lowest BCUT2D eigenvalue weighted by atomic mass is 9.99. The van der Waals surface area contributed by atoms with Crippen molar-refractivity contribution in [3.63, 3.8) is 0 Å². The average Bonchev–Trinajstić information content (AvgIpc) is 2.39. The van der Waals surface area contributed by atoms with E-state index in [-0.39, 0.29) is 11.5 Å². The third-order valence-corrected chi connectivity index (χ3v) is 5.41. The summed E-state index contributed by atoms with van der Waals surface area (Å²) in [7, 11) is -3.16. The highest BCUT2D eigenvalue weighted by atomic mass is 79.9. The van der Waals surface area contributed by atoms with E-state index in [1.165, 1.54) is 16.8 Å². The molecular formula is C12H18BrN3O3S. The summed E-state index contributed by atoms with van der Waals surface area (Å²) in [6.07, 6.45) is 4.47. The molecule has 0 saturated carbocycles. The average molecular weight is 364 g/mol. The van der Waals surface area contributed by atoms with Gasteiger partial charge in [0.2, 0.25) is 10.0 Å². The summed E-state index contributed by atoms with van der Waals surface area (Å²) >= 11 is 3.19. The van der Waals surface area contributed by atoms with Crippen LogP contribution in [0.25, 0.3) is 0 Å². The number of aromatic nitrogens is 2. The Kier molecular flexibility index (Phi) is 4.66. The lowest BCUT2D eigenvalue weighted by molar-refractivity contribution is 0.243. The molecule has 1 fully saturated rings. The summed E-state index contributed by atoms with van der Waals surface area (Å²) in [5.74, 6) is 0.792. The first-order valence-corrected chi connectivity index (χ1v) is 9.10. The van der Waals surface area contributed by atoms with E-state index >= 15 is 0 Å². The molecule has 1 atom stereocenters. The fourth-order valence-corrected chi connectivity index (χ4v) is 3.76. The second kappa shape index (κ2) is 5.95. The topological polar surface area (TPSA) is 72.3 Å². The zero-order valence-electron chi connectivity index (χ0n) is 11.5. The SMILES string of the molecule is Cc1ncc(Br)c(=O)n1CC1CCCN(S(C)(=O)=O)C1. The Morgan fingerprint density at radius 2 is 2.20 bits per heavy atom. The van der Waals surface area contributed by atoms with Crippen LogP contribution in [-0.4, -0.2) is 41.6 Å². The first kappa shape index (κ1) is 15.7. The van der Waals surface area contributed by atoms with Crippen molar-refractivity contribution in [2.75, 3.05) is 19.3 Å². The van der Waals surface area contributed by atoms with Crippen molar-refractivity contribution in [1.29, 1.82) is 0 Å². The van der Waals surface area contributed by atoms with Gasteiger partial charge in [-0.25, -0.2) is 17.7 Å². The number of nitrogens with zero attached hydrogens (tertiary/aromatic N) is 3. The maximum atomic E-state index is 12.1. The molecular weight excluding hydrogens is 346 g/mol. The first-order chi connectivity index (χ1) is 9.29. The van der Waals surface area contributed by atoms with Crippen molar-refractivity contribution in [3.8, 4) is 0 Å². The van der Waals surface area contributed by atoms with Gasteiger partial charge in [0, 0.05) is 25.8 Å². The van der Waals surface area contributed by atoms with E-state index in [4.69, 9.17) is 0 Å². The van der Waals surface area contributed by atoms with Crippen LogP contribution in [0.15, 0.2) is 15.5 Å². The molecule has 112 valence electrons. The second-order valence-electron chi connectivity index (χ2n) is 5.20. The monoisotopic (exact) mass is 363 g/mol. The first-order valence-electron chi connectivity index (χ1n) is 6.46. The number of hydrogen-bond donors (Lipinski definition) is 0. The lowest BCUT2D eigenvalue weighted by Crippen LogP contribution is -2.41. The Morgan fingerprint density at radius 1 is 1.50 bits per heavy atom. The van der Waals surface area contributed by atoms with Crippen LogP contribution >= 0.6 is 15.9 Å². The summed E-state index contributed by atoms with van der Waals surface area (Å²) < 4.78 is 26.8. The Morgan fingerprint density at radius 3 is 2.85 bits per heavy atom. The lowest BCUT2D eigenvalue weighted by Gasteiger charge is -2.31. The number of aryl methyl sites for hydroxylation is 1.